The molecule has 0 bridgehead atoms. The van der Waals surface area contributed by atoms with Gasteiger partial charge in [-0.15, -0.1) is 5.11 Å². The van der Waals surface area contributed by atoms with Crippen molar-refractivity contribution in [1.29, 1.82) is 0 Å². The van der Waals surface area contributed by atoms with E-state index in [-0.39, 0.29) is 5.95 Å². The predicted molar refractivity (Wildman–Crippen MR) is 113 cm³/mol. The van der Waals surface area contributed by atoms with E-state index in [9.17, 15) is 0 Å². The molecule has 2 aromatic carbocycles. The molecule has 0 radical (unpaired) electrons. The fraction of sp³-hybridized carbons (Fsp3) is 0.200. The van der Waals surface area contributed by atoms with Gasteiger partial charge in [0.25, 0.3) is 0 Å². The zero-order valence-corrected chi connectivity index (χ0v) is 16.6. The van der Waals surface area contributed by atoms with Crippen LogP contribution in [-0.4, -0.2) is 22.0 Å². The highest BCUT2D eigenvalue weighted by Crippen LogP contribution is 2.35. The number of halogens is 1. The van der Waals surface area contributed by atoms with E-state index in [1.807, 2.05) is 56.4 Å². The Bertz CT molecular complexity index is 989. The molecule has 0 aliphatic heterocycles. The number of aromatic nitrogens is 2. The van der Waals surface area contributed by atoms with E-state index in [0.717, 1.165) is 22.4 Å². The lowest BCUT2D eigenvalue weighted by molar-refractivity contribution is 0.324. The molecule has 8 heteroatoms. The molecule has 0 saturated carbocycles. The van der Waals surface area contributed by atoms with E-state index in [4.69, 9.17) is 23.1 Å². The number of rotatable bonds is 6. The molecule has 3 aromatic rings. The summed E-state index contributed by atoms with van der Waals surface area (Å²) in [6, 6.07) is 15.5. The molecule has 0 atom stereocenters. The van der Waals surface area contributed by atoms with Crippen LogP contribution < -0.4 is 11.5 Å². The summed E-state index contributed by atoms with van der Waals surface area (Å²) in [6.07, 6.45) is 0.672. The fourth-order valence-corrected chi connectivity index (χ4v) is 3.02. The highest BCUT2D eigenvalue weighted by molar-refractivity contribution is 6.33. The van der Waals surface area contributed by atoms with Gasteiger partial charge < -0.3 is 11.5 Å². The van der Waals surface area contributed by atoms with Crippen LogP contribution in [0.2, 0.25) is 5.02 Å². The van der Waals surface area contributed by atoms with Gasteiger partial charge in [0.1, 0.15) is 11.5 Å². The first-order valence-corrected chi connectivity index (χ1v) is 9.24. The molecule has 0 aliphatic carbocycles. The monoisotopic (exact) mass is 395 g/mol. The van der Waals surface area contributed by atoms with Crippen molar-refractivity contribution in [3.8, 4) is 11.1 Å². The quantitative estimate of drug-likeness (QED) is 0.466. The lowest BCUT2D eigenvalue weighted by Crippen LogP contribution is -2.09. The van der Waals surface area contributed by atoms with Gasteiger partial charge >= 0.3 is 0 Å². The number of hydrogen-bond acceptors (Lipinski definition) is 6. The Hall–Kier alpha value is -3.19. The Morgan fingerprint density at radius 2 is 1.82 bits per heavy atom. The maximum absolute atomic E-state index is 6.31. The normalized spacial score (nSPS) is 11.1. The predicted octanol–water partition coefficient (Wildman–Crippen LogP) is 4.65. The van der Waals surface area contributed by atoms with Crippen molar-refractivity contribution in [3.63, 3.8) is 0 Å². The van der Waals surface area contributed by atoms with E-state index in [0.29, 0.717) is 29.5 Å². The summed E-state index contributed by atoms with van der Waals surface area (Å²) in [5.41, 5.74) is 15.8. The van der Waals surface area contributed by atoms with Crippen molar-refractivity contribution in [1.82, 2.24) is 15.0 Å². The van der Waals surface area contributed by atoms with Crippen LogP contribution in [0.15, 0.2) is 58.9 Å². The van der Waals surface area contributed by atoms with Crippen LogP contribution in [0.4, 0.5) is 17.5 Å². The molecule has 0 spiro atoms. The second-order valence-electron chi connectivity index (χ2n) is 6.30. The fourth-order valence-electron chi connectivity index (χ4n) is 2.87. The molecule has 144 valence electrons. The van der Waals surface area contributed by atoms with Gasteiger partial charge in [0.2, 0.25) is 5.95 Å². The van der Waals surface area contributed by atoms with Gasteiger partial charge in [0.05, 0.1) is 17.3 Å². The largest absolute Gasteiger partial charge is 0.383 e. The maximum atomic E-state index is 6.31. The molecule has 28 heavy (non-hydrogen) atoms. The molecule has 0 fully saturated rings. The molecule has 0 unspecified atom stereocenters. The third-order valence-corrected chi connectivity index (χ3v) is 4.48. The summed E-state index contributed by atoms with van der Waals surface area (Å²) in [5, 5.41) is 10.8. The number of anilines is 2. The van der Waals surface area contributed by atoms with Gasteiger partial charge in [0, 0.05) is 12.6 Å². The summed E-state index contributed by atoms with van der Waals surface area (Å²) >= 11 is 6.31. The van der Waals surface area contributed by atoms with Gasteiger partial charge in [0.15, 0.2) is 0 Å². The summed E-state index contributed by atoms with van der Waals surface area (Å²) in [6.45, 7) is 2.63. The Morgan fingerprint density at radius 3 is 2.54 bits per heavy atom. The molecular weight excluding hydrogens is 374 g/mol. The Balaban J connectivity index is 1.88. The van der Waals surface area contributed by atoms with Crippen molar-refractivity contribution in [2.75, 3.05) is 18.5 Å². The van der Waals surface area contributed by atoms with Crippen LogP contribution in [0.1, 0.15) is 18.2 Å². The Kier molecular flexibility index (Phi) is 6.06. The molecule has 0 aliphatic rings. The van der Waals surface area contributed by atoms with E-state index in [1.165, 1.54) is 0 Å². The standard InChI is InChI=1S/C20H22ClN7/c1-3-16-18(19(22)25-20(23)24-16)14-9-10-15(21)17(11-14)26-27-28(2)12-13-7-5-4-6-8-13/h4-11H,3,12H2,1-2H3,(H4,22,23,24,25). The lowest BCUT2D eigenvalue weighted by atomic mass is 10.0. The zero-order chi connectivity index (χ0) is 20.1. The number of hydrogen-bond donors (Lipinski definition) is 2. The molecule has 1 aromatic heterocycles. The van der Waals surface area contributed by atoms with E-state index >= 15 is 0 Å². The third kappa shape index (κ3) is 4.55. The summed E-state index contributed by atoms with van der Waals surface area (Å²) < 4.78 is 0. The van der Waals surface area contributed by atoms with Crippen LogP contribution in [0, 0.1) is 0 Å². The minimum absolute atomic E-state index is 0.162. The smallest absolute Gasteiger partial charge is 0.222 e. The van der Waals surface area contributed by atoms with E-state index in [1.54, 1.807) is 11.1 Å². The topological polar surface area (TPSA) is 106 Å². The van der Waals surface area contributed by atoms with E-state index < -0.39 is 0 Å². The number of nitrogens with zero attached hydrogens (tertiary/aromatic N) is 5. The molecule has 1 heterocycles. The van der Waals surface area contributed by atoms with Crippen molar-refractivity contribution < 1.29 is 0 Å². The summed E-state index contributed by atoms with van der Waals surface area (Å²) in [5.74, 6) is 0.491. The summed E-state index contributed by atoms with van der Waals surface area (Å²) in [4.78, 5) is 8.37. The highest BCUT2D eigenvalue weighted by atomic mass is 35.5. The maximum Gasteiger partial charge on any atom is 0.222 e. The molecule has 4 N–H and O–H groups in total. The summed E-state index contributed by atoms with van der Waals surface area (Å²) in [7, 11) is 1.86. The van der Waals surface area contributed by atoms with E-state index in [2.05, 4.69) is 20.3 Å². The lowest BCUT2D eigenvalue weighted by Gasteiger charge is -2.13. The molecule has 0 saturated heterocycles. The number of aryl methyl sites for hydroxylation is 1. The number of nitrogens with two attached hydrogens (primary N) is 2. The van der Waals surface area contributed by atoms with Crippen LogP contribution in [-0.2, 0) is 13.0 Å². The van der Waals surface area contributed by atoms with Crippen LogP contribution >= 0.6 is 11.6 Å². The molecule has 0 amide bonds. The van der Waals surface area contributed by atoms with Gasteiger partial charge in [-0.25, -0.2) is 4.98 Å². The Labute approximate surface area is 169 Å². The first-order valence-electron chi connectivity index (χ1n) is 8.86. The second kappa shape index (κ2) is 8.67. The average molecular weight is 396 g/mol. The van der Waals surface area contributed by atoms with Crippen molar-refractivity contribution in [2.45, 2.75) is 19.9 Å². The average Bonchev–Trinajstić information content (AvgIpc) is 2.68. The van der Waals surface area contributed by atoms with Gasteiger partial charge in [-0.05, 0) is 29.7 Å². The van der Waals surface area contributed by atoms with Gasteiger partial charge in [-0.3, -0.25) is 5.01 Å². The van der Waals surface area contributed by atoms with Crippen molar-refractivity contribution >= 4 is 29.1 Å². The second-order valence-corrected chi connectivity index (χ2v) is 6.71. The molecule has 7 nitrogen and oxygen atoms in total. The number of benzene rings is 2. The van der Waals surface area contributed by atoms with Crippen LogP contribution in [0.5, 0.6) is 0 Å². The molecular formula is C20H22ClN7. The van der Waals surface area contributed by atoms with Crippen LogP contribution in [0.25, 0.3) is 11.1 Å². The SMILES string of the molecule is CCc1nc(N)nc(N)c1-c1ccc(Cl)c(N=NN(C)Cc2ccccc2)c1. The molecule has 3 rings (SSSR count). The van der Waals surface area contributed by atoms with Crippen molar-refractivity contribution in [2.24, 2.45) is 10.3 Å². The van der Waals surface area contributed by atoms with Gasteiger partial charge in [-0.1, -0.05) is 60.1 Å². The Morgan fingerprint density at radius 1 is 1.07 bits per heavy atom. The van der Waals surface area contributed by atoms with Crippen molar-refractivity contribution in [3.05, 3.63) is 64.8 Å². The van der Waals surface area contributed by atoms with Crippen LogP contribution in [0.3, 0.4) is 0 Å². The minimum atomic E-state index is 0.162. The van der Waals surface area contributed by atoms with Gasteiger partial charge in [-0.2, -0.15) is 4.98 Å². The first-order chi connectivity index (χ1) is 13.5. The minimum Gasteiger partial charge on any atom is -0.383 e. The first kappa shape index (κ1) is 19.6. The highest BCUT2D eigenvalue weighted by Gasteiger charge is 2.14. The third-order valence-electron chi connectivity index (χ3n) is 4.16. The zero-order valence-electron chi connectivity index (χ0n) is 15.8. The number of nitrogen functional groups attached to an aromatic ring is 2.